The minimum absolute atomic E-state index is 0.00706. The Morgan fingerprint density at radius 2 is 1.88 bits per heavy atom. The summed E-state index contributed by atoms with van der Waals surface area (Å²) in [5.41, 5.74) is 0.244. The van der Waals surface area contributed by atoms with E-state index in [0.717, 1.165) is 0 Å². The summed E-state index contributed by atoms with van der Waals surface area (Å²) in [6.45, 7) is 6.15. The van der Waals surface area contributed by atoms with E-state index in [4.69, 9.17) is 9.47 Å². The van der Waals surface area contributed by atoms with E-state index in [1.165, 1.54) is 32.0 Å². The molecule has 0 radical (unpaired) electrons. The predicted molar refractivity (Wildman–Crippen MR) is 59.9 cm³/mol. The first kappa shape index (κ1) is 12.8. The fourth-order valence-corrected chi connectivity index (χ4v) is 0.996. The topological polar surface area (TPSA) is 72.8 Å². The van der Waals surface area contributed by atoms with E-state index in [1.807, 2.05) is 0 Å². The molecule has 0 unspecified atom stereocenters. The summed E-state index contributed by atoms with van der Waals surface area (Å²) < 4.78 is 9.58. The Hall–Kier alpha value is -2.30. The van der Waals surface area contributed by atoms with Crippen molar-refractivity contribution in [2.45, 2.75) is 13.8 Å². The number of carbonyl (C=O) groups is 2. The zero-order valence-electron chi connectivity index (χ0n) is 9.52. The zero-order valence-corrected chi connectivity index (χ0v) is 9.52. The molecule has 0 spiro atoms. The van der Waals surface area contributed by atoms with Gasteiger partial charge in [-0.05, 0) is 19.1 Å². The molecule has 0 fully saturated rings. The number of phenolic OH excluding ortho intramolecular Hbond substituents is 1. The smallest absolute Gasteiger partial charge is 0.338 e. The largest absolute Gasteiger partial charge is 0.504 e. The van der Waals surface area contributed by atoms with E-state index in [0.29, 0.717) is 0 Å². The highest BCUT2D eigenvalue weighted by Crippen LogP contribution is 2.30. The lowest BCUT2D eigenvalue weighted by atomic mass is 10.3. The monoisotopic (exact) mass is 236 g/mol. The molecule has 0 saturated carbocycles. The Morgan fingerprint density at radius 3 is 2.35 bits per heavy atom. The van der Waals surface area contributed by atoms with Crippen LogP contribution in [0.2, 0.25) is 0 Å². The Balaban J connectivity index is 2.85. The molecule has 0 aromatic heterocycles. The first-order valence-electron chi connectivity index (χ1n) is 4.79. The molecular weight excluding hydrogens is 224 g/mol. The lowest BCUT2D eigenvalue weighted by Crippen LogP contribution is -2.08. The van der Waals surface area contributed by atoms with E-state index < -0.39 is 11.9 Å². The number of aromatic hydroxyl groups is 1. The third-order valence-corrected chi connectivity index (χ3v) is 1.74. The fraction of sp³-hybridized carbons (Fsp3) is 0.167. The van der Waals surface area contributed by atoms with Crippen molar-refractivity contribution in [1.82, 2.24) is 0 Å². The van der Waals surface area contributed by atoms with Crippen LogP contribution in [0.1, 0.15) is 13.8 Å². The zero-order chi connectivity index (χ0) is 13.0. The molecule has 17 heavy (non-hydrogen) atoms. The first-order chi connectivity index (χ1) is 7.90. The summed E-state index contributed by atoms with van der Waals surface area (Å²) in [7, 11) is 0. The number of ether oxygens (including phenoxy) is 2. The van der Waals surface area contributed by atoms with E-state index in [2.05, 4.69) is 6.58 Å². The molecule has 0 bridgehead atoms. The molecule has 1 aromatic carbocycles. The second kappa shape index (κ2) is 5.16. The van der Waals surface area contributed by atoms with Crippen LogP contribution in [-0.4, -0.2) is 17.0 Å². The van der Waals surface area contributed by atoms with E-state index >= 15 is 0 Å². The van der Waals surface area contributed by atoms with Crippen LogP contribution in [0, 0.1) is 0 Å². The second-order valence-corrected chi connectivity index (χ2v) is 3.39. The molecule has 0 aliphatic heterocycles. The van der Waals surface area contributed by atoms with Crippen molar-refractivity contribution in [3.05, 3.63) is 30.4 Å². The van der Waals surface area contributed by atoms with Crippen molar-refractivity contribution in [2.24, 2.45) is 0 Å². The molecule has 5 heteroatoms. The quantitative estimate of drug-likeness (QED) is 0.492. The van der Waals surface area contributed by atoms with Gasteiger partial charge >= 0.3 is 11.9 Å². The van der Waals surface area contributed by atoms with Crippen LogP contribution >= 0.6 is 0 Å². The second-order valence-electron chi connectivity index (χ2n) is 3.39. The lowest BCUT2D eigenvalue weighted by Gasteiger charge is -2.07. The van der Waals surface area contributed by atoms with Crippen molar-refractivity contribution in [2.75, 3.05) is 0 Å². The van der Waals surface area contributed by atoms with Gasteiger partial charge < -0.3 is 14.6 Å². The standard InChI is InChI=1S/C12H12O5/c1-7(2)12(15)17-9-4-5-11(10(14)6-9)16-8(3)13/h4-6,14H,1H2,2-3H3. The molecular formula is C12H12O5. The van der Waals surface area contributed by atoms with Gasteiger partial charge in [0, 0.05) is 18.6 Å². The average molecular weight is 236 g/mol. The fourth-order valence-electron chi connectivity index (χ4n) is 0.996. The summed E-state index contributed by atoms with van der Waals surface area (Å²) in [6.07, 6.45) is 0. The van der Waals surface area contributed by atoms with Gasteiger partial charge in [-0.3, -0.25) is 4.79 Å². The van der Waals surface area contributed by atoms with Gasteiger partial charge in [0.15, 0.2) is 11.5 Å². The number of carbonyl (C=O) groups excluding carboxylic acids is 2. The van der Waals surface area contributed by atoms with Gasteiger partial charge in [-0.25, -0.2) is 4.79 Å². The molecule has 0 amide bonds. The predicted octanol–water partition coefficient (Wildman–Crippen LogP) is 1.80. The molecule has 90 valence electrons. The normalized spacial score (nSPS) is 9.53. The van der Waals surface area contributed by atoms with Crippen LogP contribution in [0.15, 0.2) is 30.4 Å². The molecule has 0 aliphatic rings. The lowest BCUT2D eigenvalue weighted by molar-refractivity contribution is -0.132. The van der Waals surface area contributed by atoms with Crippen molar-refractivity contribution in [3.8, 4) is 17.2 Å². The first-order valence-corrected chi connectivity index (χ1v) is 4.79. The average Bonchev–Trinajstić information content (AvgIpc) is 2.21. The van der Waals surface area contributed by atoms with Crippen LogP contribution in [-0.2, 0) is 9.59 Å². The third-order valence-electron chi connectivity index (χ3n) is 1.74. The van der Waals surface area contributed by atoms with Crippen molar-refractivity contribution in [1.29, 1.82) is 0 Å². The molecule has 1 aromatic rings. The minimum atomic E-state index is -0.593. The van der Waals surface area contributed by atoms with Crippen molar-refractivity contribution in [3.63, 3.8) is 0 Å². The van der Waals surface area contributed by atoms with Crippen LogP contribution < -0.4 is 9.47 Å². The van der Waals surface area contributed by atoms with Crippen LogP contribution in [0.25, 0.3) is 0 Å². The highest BCUT2D eigenvalue weighted by Gasteiger charge is 2.10. The molecule has 5 nitrogen and oxygen atoms in total. The summed E-state index contributed by atoms with van der Waals surface area (Å²) in [5.74, 6) is -1.28. The minimum Gasteiger partial charge on any atom is -0.504 e. The molecule has 1 N–H and O–H groups in total. The SMILES string of the molecule is C=C(C)C(=O)Oc1ccc(OC(C)=O)c(O)c1. The molecule has 0 heterocycles. The van der Waals surface area contributed by atoms with Crippen LogP contribution in [0.5, 0.6) is 17.2 Å². The van der Waals surface area contributed by atoms with Gasteiger partial charge in [-0.15, -0.1) is 0 Å². The molecule has 0 aliphatic carbocycles. The van der Waals surface area contributed by atoms with Gasteiger partial charge in [-0.2, -0.15) is 0 Å². The number of esters is 2. The van der Waals surface area contributed by atoms with Crippen molar-refractivity contribution >= 4 is 11.9 Å². The summed E-state index contributed by atoms with van der Waals surface area (Å²) in [5, 5.41) is 9.50. The van der Waals surface area contributed by atoms with Gasteiger partial charge in [0.25, 0.3) is 0 Å². The number of rotatable bonds is 3. The maximum Gasteiger partial charge on any atom is 0.338 e. The van der Waals surface area contributed by atoms with E-state index in [9.17, 15) is 14.7 Å². The highest BCUT2D eigenvalue weighted by atomic mass is 16.5. The Kier molecular flexibility index (Phi) is 3.87. The highest BCUT2D eigenvalue weighted by molar-refractivity contribution is 5.88. The number of hydrogen-bond donors (Lipinski definition) is 1. The number of benzene rings is 1. The maximum absolute atomic E-state index is 11.2. The van der Waals surface area contributed by atoms with Crippen LogP contribution in [0.3, 0.4) is 0 Å². The third kappa shape index (κ3) is 3.64. The van der Waals surface area contributed by atoms with Gasteiger partial charge in [0.05, 0.1) is 0 Å². The Labute approximate surface area is 98.3 Å². The summed E-state index contributed by atoms with van der Waals surface area (Å²) >= 11 is 0. The Morgan fingerprint density at radius 1 is 1.24 bits per heavy atom. The van der Waals surface area contributed by atoms with Gasteiger partial charge in [0.1, 0.15) is 5.75 Å². The summed E-state index contributed by atoms with van der Waals surface area (Å²) in [4.78, 5) is 21.9. The number of hydrogen-bond acceptors (Lipinski definition) is 5. The van der Waals surface area contributed by atoms with E-state index in [-0.39, 0.29) is 22.8 Å². The molecule has 0 atom stereocenters. The number of phenols is 1. The Bertz CT molecular complexity index is 476. The maximum atomic E-state index is 11.2. The molecule has 0 saturated heterocycles. The summed E-state index contributed by atoms with van der Waals surface area (Å²) in [6, 6.07) is 3.91. The van der Waals surface area contributed by atoms with E-state index in [1.54, 1.807) is 0 Å². The van der Waals surface area contributed by atoms with Gasteiger partial charge in [-0.1, -0.05) is 6.58 Å². The van der Waals surface area contributed by atoms with Gasteiger partial charge in [0.2, 0.25) is 0 Å². The van der Waals surface area contributed by atoms with Crippen molar-refractivity contribution < 1.29 is 24.2 Å². The molecule has 1 rings (SSSR count). The van der Waals surface area contributed by atoms with Crippen LogP contribution in [0.4, 0.5) is 0 Å².